The maximum absolute atomic E-state index is 11.0. The molecule has 0 saturated carbocycles. The van der Waals surface area contributed by atoms with Gasteiger partial charge in [-0.2, -0.15) is 0 Å². The van der Waals surface area contributed by atoms with Crippen molar-refractivity contribution >= 4 is 16.8 Å². The minimum atomic E-state index is -0.598. The highest BCUT2D eigenvalue weighted by molar-refractivity contribution is 7.85. The van der Waals surface area contributed by atoms with E-state index in [0.29, 0.717) is 12.0 Å². The molecular weight excluding hydrogens is 174 g/mol. The van der Waals surface area contributed by atoms with Crippen molar-refractivity contribution in [2.24, 2.45) is 10.7 Å². The molecule has 0 amide bonds. The summed E-state index contributed by atoms with van der Waals surface area (Å²) < 4.78 is 11.0. The molecule has 0 unspecified atom stereocenters. The van der Waals surface area contributed by atoms with Crippen molar-refractivity contribution in [3.05, 3.63) is 0 Å². The summed E-state index contributed by atoms with van der Waals surface area (Å²) in [6, 6.07) is 0.367. The zero-order valence-corrected chi connectivity index (χ0v) is 8.06. The van der Waals surface area contributed by atoms with Crippen molar-refractivity contribution < 1.29 is 4.21 Å². The standard InChI is InChI=1S/C7H15N3OS/c1-9-7(8)10-6-2-4-12(11)5-3-6/h6H,2-5H2,1H3,(H3,8,9,10). The summed E-state index contributed by atoms with van der Waals surface area (Å²) in [4.78, 5) is 3.81. The van der Waals surface area contributed by atoms with E-state index in [0.717, 1.165) is 24.3 Å². The van der Waals surface area contributed by atoms with Crippen molar-refractivity contribution in [3.8, 4) is 0 Å². The lowest BCUT2D eigenvalue weighted by molar-refractivity contribution is 0.549. The first-order chi connectivity index (χ1) is 5.72. The van der Waals surface area contributed by atoms with E-state index in [9.17, 15) is 4.21 Å². The van der Waals surface area contributed by atoms with Gasteiger partial charge in [0.2, 0.25) is 0 Å². The van der Waals surface area contributed by atoms with Crippen LogP contribution in [0.3, 0.4) is 0 Å². The molecule has 0 aromatic carbocycles. The predicted molar refractivity (Wildman–Crippen MR) is 51.6 cm³/mol. The second kappa shape index (κ2) is 4.45. The first kappa shape index (κ1) is 9.51. The molecular formula is C7H15N3OS. The van der Waals surface area contributed by atoms with E-state index in [1.807, 2.05) is 0 Å². The Bertz CT molecular complexity index is 195. The molecule has 1 saturated heterocycles. The molecule has 0 radical (unpaired) electrons. The van der Waals surface area contributed by atoms with Crippen molar-refractivity contribution in [2.75, 3.05) is 18.6 Å². The van der Waals surface area contributed by atoms with E-state index >= 15 is 0 Å². The third kappa shape index (κ3) is 2.81. The number of nitrogens with one attached hydrogen (secondary N) is 1. The number of guanidine groups is 1. The van der Waals surface area contributed by atoms with Gasteiger partial charge in [-0.3, -0.25) is 9.20 Å². The summed E-state index contributed by atoms with van der Waals surface area (Å²) in [6.45, 7) is 0. The monoisotopic (exact) mass is 189 g/mol. The fraction of sp³-hybridized carbons (Fsp3) is 0.857. The van der Waals surface area contributed by atoms with Crippen LogP contribution in [-0.2, 0) is 10.8 Å². The van der Waals surface area contributed by atoms with E-state index in [2.05, 4.69) is 10.3 Å². The molecule has 12 heavy (non-hydrogen) atoms. The maximum Gasteiger partial charge on any atom is 0.188 e. The average Bonchev–Trinajstić information content (AvgIpc) is 2.09. The molecule has 1 rings (SSSR count). The van der Waals surface area contributed by atoms with E-state index in [1.54, 1.807) is 7.05 Å². The van der Waals surface area contributed by atoms with E-state index in [4.69, 9.17) is 5.73 Å². The third-order valence-corrected chi connectivity index (χ3v) is 3.36. The molecule has 0 spiro atoms. The largest absolute Gasteiger partial charge is 0.370 e. The van der Waals surface area contributed by atoms with Gasteiger partial charge in [-0.15, -0.1) is 0 Å². The second-order valence-electron chi connectivity index (χ2n) is 2.88. The summed E-state index contributed by atoms with van der Waals surface area (Å²) in [5, 5.41) is 3.08. The summed E-state index contributed by atoms with van der Waals surface area (Å²) in [7, 11) is 1.06. The van der Waals surface area contributed by atoms with E-state index in [-0.39, 0.29) is 0 Å². The quantitative estimate of drug-likeness (QED) is 0.429. The van der Waals surface area contributed by atoms with Crippen LogP contribution in [0.5, 0.6) is 0 Å². The molecule has 3 N–H and O–H groups in total. The zero-order valence-electron chi connectivity index (χ0n) is 7.25. The summed E-state index contributed by atoms with van der Waals surface area (Å²) in [5.41, 5.74) is 5.50. The summed E-state index contributed by atoms with van der Waals surface area (Å²) in [5.74, 6) is 2.05. The molecule has 0 aromatic heterocycles. The van der Waals surface area contributed by atoms with Crippen LogP contribution in [0.4, 0.5) is 0 Å². The second-order valence-corrected chi connectivity index (χ2v) is 4.57. The number of nitrogens with zero attached hydrogens (tertiary/aromatic N) is 1. The number of nitrogens with two attached hydrogens (primary N) is 1. The minimum Gasteiger partial charge on any atom is -0.370 e. The molecule has 1 heterocycles. The van der Waals surface area contributed by atoms with Gasteiger partial charge in [0.05, 0.1) is 0 Å². The van der Waals surface area contributed by atoms with E-state index < -0.39 is 10.8 Å². The van der Waals surface area contributed by atoms with Crippen molar-refractivity contribution in [1.82, 2.24) is 5.32 Å². The number of aliphatic imine (C=N–C) groups is 1. The highest BCUT2D eigenvalue weighted by atomic mass is 32.2. The topological polar surface area (TPSA) is 67.5 Å². The van der Waals surface area contributed by atoms with Gasteiger partial charge in [-0.25, -0.2) is 0 Å². The van der Waals surface area contributed by atoms with Gasteiger partial charge in [-0.1, -0.05) is 0 Å². The van der Waals surface area contributed by atoms with Gasteiger partial charge in [0.1, 0.15) is 0 Å². The van der Waals surface area contributed by atoms with E-state index in [1.165, 1.54) is 0 Å². The Hall–Kier alpha value is -0.580. The smallest absolute Gasteiger partial charge is 0.188 e. The molecule has 0 atom stereocenters. The molecule has 1 aliphatic rings. The van der Waals surface area contributed by atoms with Crippen LogP contribution in [0.1, 0.15) is 12.8 Å². The highest BCUT2D eigenvalue weighted by Crippen LogP contribution is 2.08. The van der Waals surface area contributed by atoms with Crippen molar-refractivity contribution in [3.63, 3.8) is 0 Å². The van der Waals surface area contributed by atoms with Gasteiger partial charge < -0.3 is 11.1 Å². The minimum absolute atomic E-state index is 0.367. The first-order valence-electron chi connectivity index (χ1n) is 4.06. The van der Waals surface area contributed by atoms with Crippen molar-refractivity contribution in [1.29, 1.82) is 0 Å². The lowest BCUT2D eigenvalue weighted by atomic mass is 10.2. The Morgan fingerprint density at radius 2 is 2.17 bits per heavy atom. The molecule has 70 valence electrons. The lowest BCUT2D eigenvalue weighted by Gasteiger charge is -2.22. The number of hydrogen-bond donors (Lipinski definition) is 2. The molecule has 1 aliphatic heterocycles. The van der Waals surface area contributed by atoms with Crippen LogP contribution >= 0.6 is 0 Å². The van der Waals surface area contributed by atoms with Crippen LogP contribution < -0.4 is 11.1 Å². The van der Waals surface area contributed by atoms with Crippen LogP contribution in [0.2, 0.25) is 0 Å². The van der Waals surface area contributed by atoms with Gasteiger partial charge >= 0.3 is 0 Å². The lowest BCUT2D eigenvalue weighted by Crippen LogP contribution is -2.43. The first-order valence-corrected chi connectivity index (χ1v) is 5.55. The highest BCUT2D eigenvalue weighted by Gasteiger charge is 2.17. The molecule has 0 aromatic rings. The van der Waals surface area contributed by atoms with Crippen LogP contribution in [0, 0.1) is 0 Å². The van der Waals surface area contributed by atoms with Crippen LogP contribution in [-0.4, -0.2) is 34.8 Å². The Labute approximate surface area is 75.1 Å². The summed E-state index contributed by atoms with van der Waals surface area (Å²) >= 11 is 0. The number of hydrogen-bond acceptors (Lipinski definition) is 2. The Kier molecular flexibility index (Phi) is 3.52. The molecule has 4 nitrogen and oxygen atoms in total. The zero-order chi connectivity index (χ0) is 8.97. The molecule has 0 aliphatic carbocycles. The SMILES string of the molecule is CN=C(N)NC1CCS(=O)CC1. The maximum atomic E-state index is 11.0. The number of rotatable bonds is 1. The van der Waals surface area contributed by atoms with Crippen LogP contribution in [0.25, 0.3) is 0 Å². The summed E-state index contributed by atoms with van der Waals surface area (Å²) in [6.07, 6.45) is 1.87. The molecule has 5 heteroatoms. The average molecular weight is 189 g/mol. The molecule has 0 bridgehead atoms. The fourth-order valence-corrected chi connectivity index (χ4v) is 2.51. The fourth-order valence-electron chi connectivity index (χ4n) is 1.21. The van der Waals surface area contributed by atoms with Gasteiger partial charge in [0, 0.05) is 35.4 Å². The van der Waals surface area contributed by atoms with Crippen molar-refractivity contribution in [2.45, 2.75) is 18.9 Å². The predicted octanol–water partition coefficient (Wildman–Crippen LogP) is -0.568. The molecule has 1 fully saturated rings. The van der Waals surface area contributed by atoms with Gasteiger partial charge in [0.25, 0.3) is 0 Å². The van der Waals surface area contributed by atoms with Crippen LogP contribution in [0.15, 0.2) is 4.99 Å². The Balaban J connectivity index is 2.31. The normalized spacial score (nSPS) is 31.6. The van der Waals surface area contributed by atoms with Gasteiger partial charge in [0.15, 0.2) is 5.96 Å². The third-order valence-electron chi connectivity index (χ3n) is 1.98. The Morgan fingerprint density at radius 3 is 2.67 bits per heavy atom. The van der Waals surface area contributed by atoms with Gasteiger partial charge in [-0.05, 0) is 12.8 Å². The Morgan fingerprint density at radius 1 is 1.58 bits per heavy atom.